The number of nitrogens with one attached hydrogen (secondary N) is 1. The number of unbranched alkanes of at least 4 members (excludes halogenated alkanes) is 1. The van der Waals surface area contributed by atoms with Crippen molar-refractivity contribution in [2.24, 2.45) is 5.73 Å². The van der Waals surface area contributed by atoms with Crippen LogP contribution >= 0.6 is 11.8 Å². The summed E-state index contributed by atoms with van der Waals surface area (Å²) in [5, 5.41) is 19.2. The van der Waals surface area contributed by atoms with E-state index < -0.39 is 24.3 Å². The molecule has 0 saturated carbocycles. The molecular formula is C29H38F6N4O6S. The summed E-state index contributed by atoms with van der Waals surface area (Å²) in [7, 11) is 0. The average Bonchev–Trinajstić information content (AvgIpc) is 2.97. The first-order chi connectivity index (χ1) is 21.4. The van der Waals surface area contributed by atoms with Crippen LogP contribution < -0.4 is 11.1 Å². The van der Waals surface area contributed by atoms with Crippen molar-refractivity contribution in [1.82, 2.24) is 15.1 Å². The maximum absolute atomic E-state index is 13.4. The molecule has 1 aliphatic rings. The molecule has 1 saturated heterocycles. The predicted octanol–water partition coefficient (Wildman–Crippen LogP) is 4.58. The van der Waals surface area contributed by atoms with E-state index in [0.29, 0.717) is 11.9 Å². The van der Waals surface area contributed by atoms with Gasteiger partial charge in [0.1, 0.15) is 0 Å². The van der Waals surface area contributed by atoms with Crippen molar-refractivity contribution >= 4 is 46.3 Å². The number of thioether (sulfide) groups is 1. The lowest BCUT2D eigenvalue weighted by atomic mass is 10.0. The monoisotopic (exact) mass is 684 g/mol. The number of carbonyl (C=O) groups excluding carboxylic acids is 2. The first-order valence-corrected chi connectivity index (χ1v) is 15.2. The molecule has 10 nitrogen and oxygen atoms in total. The van der Waals surface area contributed by atoms with Crippen molar-refractivity contribution < 1.29 is 55.7 Å². The first kappa shape index (κ1) is 40.5. The molecule has 2 aromatic rings. The lowest BCUT2D eigenvalue weighted by molar-refractivity contribution is -0.193. The third kappa shape index (κ3) is 14.7. The topological polar surface area (TPSA) is 153 Å². The second-order valence-corrected chi connectivity index (χ2v) is 11.2. The van der Waals surface area contributed by atoms with Crippen LogP contribution in [0.5, 0.6) is 0 Å². The third-order valence-corrected chi connectivity index (χ3v) is 7.52. The van der Waals surface area contributed by atoms with Gasteiger partial charge in [-0.3, -0.25) is 14.5 Å². The largest absolute Gasteiger partial charge is 0.490 e. The Kier molecular flexibility index (Phi) is 16.9. The summed E-state index contributed by atoms with van der Waals surface area (Å²) in [4.78, 5) is 46.7. The van der Waals surface area contributed by atoms with Crippen LogP contribution in [0.3, 0.4) is 0 Å². The Morgan fingerprint density at radius 2 is 1.54 bits per heavy atom. The van der Waals surface area contributed by atoms with Gasteiger partial charge in [0, 0.05) is 56.5 Å². The zero-order valence-corrected chi connectivity index (χ0v) is 26.1. The number of carbonyl (C=O) groups is 4. The van der Waals surface area contributed by atoms with Gasteiger partial charge in [0.25, 0.3) is 5.91 Å². The van der Waals surface area contributed by atoms with E-state index >= 15 is 0 Å². The zero-order valence-electron chi connectivity index (χ0n) is 25.2. The van der Waals surface area contributed by atoms with Crippen molar-refractivity contribution in [2.75, 3.05) is 37.8 Å². The molecule has 2 aromatic carbocycles. The molecule has 0 spiro atoms. The Bertz CT molecular complexity index is 1270. The Labute approximate surface area is 266 Å². The summed E-state index contributed by atoms with van der Waals surface area (Å²) < 4.78 is 63.5. The minimum atomic E-state index is -5.08. The molecule has 1 aliphatic heterocycles. The number of nitrogens with two attached hydrogens (primary N) is 1. The van der Waals surface area contributed by atoms with Gasteiger partial charge < -0.3 is 26.2 Å². The minimum absolute atomic E-state index is 0.0160. The lowest BCUT2D eigenvalue weighted by Crippen LogP contribution is -2.57. The Balaban J connectivity index is 0.000000629. The van der Waals surface area contributed by atoms with Gasteiger partial charge in [0.15, 0.2) is 0 Å². The van der Waals surface area contributed by atoms with Gasteiger partial charge in [-0.25, -0.2) is 9.59 Å². The van der Waals surface area contributed by atoms with Gasteiger partial charge in [-0.15, -0.1) is 11.8 Å². The van der Waals surface area contributed by atoms with E-state index in [1.165, 1.54) is 6.92 Å². The van der Waals surface area contributed by atoms with E-state index in [-0.39, 0.29) is 17.9 Å². The van der Waals surface area contributed by atoms with Crippen LogP contribution in [0.15, 0.2) is 42.5 Å². The minimum Gasteiger partial charge on any atom is -0.475 e. The van der Waals surface area contributed by atoms with E-state index in [1.807, 2.05) is 35.2 Å². The molecule has 2 amide bonds. The number of fused-ring (bicyclic) bond motifs is 1. The highest BCUT2D eigenvalue weighted by Crippen LogP contribution is 2.23. The summed E-state index contributed by atoms with van der Waals surface area (Å²) >= 11 is 1.65. The highest BCUT2D eigenvalue weighted by molar-refractivity contribution is 7.99. The molecule has 1 heterocycles. The number of carboxylic acids is 2. The van der Waals surface area contributed by atoms with Crippen LogP contribution in [0.25, 0.3) is 10.8 Å². The van der Waals surface area contributed by atoms with E-state index in [9.17, 15) is 35.9 Å². The number of piperazine rings is 1. The fourth-order valence-corrected chi connectivity index (χ4v) is 5.16. The molecule has 46 heavy (non-hydrogen) atoms. The Morgan fingerprint density at radius 1 is 0.978 bits per heavy atom. The summed E-state index contributed by atoms with van der Waals surface area (Å²) in [5.41, 5.74) is 7.19. The summed E-state index contributed by atoms with van der Waals surface area (Å²) in [5.74, 6) is -4.01. The van der Waals surface area contributed by atoms with E-state index in [4.69, 9.17) is 25.5 Å². The molecule has 17 heteroatoms. The van der Waals surface area contributed by atoms with E-state index in [1.54, 1.807) is 11.8 Å². The van der Waals surface area contributed by atoms with Gasteiger partial charge in [-0.05, 0) is 23.3 Å². The fraction of sp³-hybridized carbons (Fsp3) is 0.517. The first-order valence-electron chi connectivity index (χ1n) is 14.1. The number of hydrogen-bond donors (Lipinski definition) is 4. The van der Waals surface area contributed by atoms with Gasteiger partial charge >= 0.3 is 24.3 Å². The number of halogens is 6. The van der Waals surface area contributed by atoms with Gasteiger partial charge in [0.2, 0.25) is 5.91 Å². The molecule has 2 atom stereocenters. The maximum atomic E-state index is 13.4. The highest BCUT2D eigenvalue weighted by Gasteiger charge is 2.39. The molecule has 3 rings (SSSR count). The molecule has 0 aromatic heterocycles. The molecule has 5 N–H and O–H groups in total. The SMILES string of the molecule is CCCC[C@H]1CN(C(=O)c2cccc3ccccc23)CCN1C[C@@H](N)CSCNC(C)=O.O=C(O)C(F)(F)F.O=C(O)C(F)(F)F. The summed E-state index contributed by atoms with van der Waals surface area (Å²) in [6, 6.07) is 14.4. The molecule has 0 bridgehead atoms. The fourth-order valence-electron chi connectivity index (χ4n) is 4.33. The summed E-state index contributed by atoms with van der Waals surface area (Å²) in [6.45, 7) is 6.85. The normalized spacial score (nSPS) is 15.9. The number of benzene rings is 2. The third-order valence-electron chi connectivity index (χ3n) is 6.51. The van der Waals surface area contributed by atoms with Crippen LogP contribution in [-0.4, -0.2) is 106 Å². The lowest BCUT2D eigenvalue weighted by Gasteiger charge is -2.42. The van der Waals surface area contributed by atoms with Crippen molar-refractivity contribution in [3.63, 3.8) is 0 Å². The van der Waals surface area contributed by atoms with Crippen molar-refractivity contribution in [3.05, 3.63) is 48.0 Å². The number of aliphatic carboxylic acids is 2. The smallest absolute Gasteiger partial charge is 0.475 e. The molecule has 0 unspecified atom stereocenters. The van der Waals surface area contributed by atoms with E-state index in [2.05, 4.69) is 29.3 Å². The van der Waals surface area contributed by atoms with Crippen molar-refractivity contribution in [2.45, 2.75) is 57.5 Å². The number of rotatable bonds is 10. The molecule has 258 valence electrons. The van der Waals surface area contributed by atoms with Crippen molar-refractivity contribution in [3.8, 4) is 0 Å². The van der Waals surface area contributed by atoms with E-state index in [0.717, 1.165) is 67.5 Å². The van der Waals surface area contributed by atoms with Crippen LogP contribution in [0.1, 0.15) is 43.5 Å². The highest BCUT2D eigenvalue weighted by atomic mass is 32.2. The van der Waals surface area contributed by atoms with Gasteiger partial charge in [-0.1, -0.05) is 56.2 Å². The Hall–Kier alpha value is -3.57. The standard InChI is InChI=1S/C25H36N4O2S.2C2HF3O2/c1-3-4-10-22-16-29(14-13-28(22)15-21(26)17-32-18-27-19(2)30)25(31)24-12-7-9-20-8-5-6-11-23(20)24;2*3-2(4,5)1(6)7/h5-9,11-12,21-22H,3-4,10,13-18,26H2,1-2H3,(H,27,30);2*(H,6,7)/t21-,22+;;/m1../s1. The van der Waals surface area contributed by atoms with Gasteiger partial charge in [-0.2, -0.15) is 26.3 Å². The predicted molar refractivity (Wildman–Crippen MR) is 161 cm³/mol. The molecule has 1 fully saturated rings. The number of alkyl halides is 6. The number of hydrogen-bond acceptors (Lipinski definition) is 7. The van der Waals surface area contributed by atoms with Crippen LogP contribution in [0, 0.1) is 0 Å². The van der Waals surface area contributed by atoms with Crippen LogP contribution in [-0.2, 0) is 14.4 Å². The number of carboxylic acid groups (broad SMARTS) is 2. The second kappa shape index (κ2) is 19.2. The quantitative estimate of drug-likeness (QED) is 0.160. The number of nitrogens with zero attached hydrogens (tertiary/aromatic N) is 2. The molecule has 0 aliphatic carbocycles. The van der Waals surface area contributed by atoms with Crippen LogP contribution in [0.2, 0.25) is 0 Å². The molecular weight excluding hydrogens is 646 g/mol. The zero-order chi connectivity index (χ0) is 35.1. The maximum Gasteiger partial charge on any atom is 0.490 e. The van der Waals surface area contributed by atoms with Gasteiger partial charge in [0.05, 0.1) is 5.88 Å². The average molecular weight is 685 g/mol. The molecule has 0 radical (unpaired) electrons. The number of amides is 2. The van der Waals surface area contributed by atoms with Crippen molar-refractivity contribution in [1.29, 1.82) is 0 Å². The summed E-state index contributed by atoms with van der Waals surface area (Å²) in [6.07, 6.45) is -6.81. The van der Waals surface area contributed by atoms with Crippen LogP contribution in [0.4, 0.5) is 26.3 Å². The second-order valence-electron chi connectivity index (χ2n) is 10.2. The Morgan fingerprint density at radius 3 is 2.09 bits per heavy atom.